The smallest absolute Gasteiger partial charge is 0.0480 e. The van der Waals surface area contributed by atoms with Crippen LogP contribution in [0.15, 0.2) is 29.2 Å². The van der Waals surface area contributed by atoms with Gasteiger partial charge in [0.15, 0.2) is 0 Å². The highest BCUT2D eigenvalue weighted by Crippen LogP contribution is 2.30. The molecule has 0 heterocycles. The number of anilines is 1. The number of nitrogens with one attached hydrogen (secondary N) is 1. The SMILES string of the molecule is CSc1ccccc1NC1CCCCC1CN. The van der Waals surface area contributed by atoms with Gasteiger partial charge in [-0.25, -0.2) is 0 Å². The van der Waals surface area contributed by atoms with Crippen molar-refractivity contribution in [1.29, 1.82) is 0 Å². The summed E-state index contributed by atoms with van der Waals surface area (Å²) in [6.07, 6.45) is 7.32. The summed E-state index contributed by atoms with van der Waals surface area (Å²) in [5.74, 6) is 0.638. The van der Waals surface area contributed by atoms with Gasteiger partial charge in [0.05, 0.1) is 0 Å². The predicted octanol–water partition coefficient (Wildman–Crippen LogP) is 3.34. The van der Waals surface area contributed by atoms with Gasteiger partial charge in [-0.15, -0.1) is 11.8 Å². The van der Waals surface area contributed by atoms with Crippen LogP contribution in [-0.2, 0) is 0 Å². The van der Waals surface area contributed by atoms with E-state index < -0.39 is 0 Å². The predicted molar refractivity (Wildman–Crippen MR) is 76.6 cm³/mol. The molecule has 0 radical (unpaired) electrons. The number of benzene rings is 1. The maximum Gasteiger partial charge on any atom is 0.0480 e. The lowest BCUT2D eigenvalue weighted by molar-refractivity contribution is 0.332. The highest BCUT2D eigenvalue weighted by molar-refractivity contribution is 7.98. The molecule has 2 nitrogen and oxygen atoms in total. The second kappa shape index (κ2) is 6.31. The first-order valence-electron chi connectivity index (χ1n) is 6.44. The number of hydrogen-bond donors (Lipinski definition) is 2. The Bertz CT molecular complexity index is 354. The van der Waals surface area contributed by atoms with E-state index in [-0.39, 0.29) is 0 Å². The molecule has 0 bridgehead atoms. The standard InChI is InChI=1S/C14H22N2S/c1-17-14-9-5-4-8-13(14)16-12-7-3-2-6-11(12)10-15/h4-5,8-9,11-12,16H,2-3,6-7,10,15H2,1H3. The fraction of sp³-hybridized carbons (Fsp3) is 0.571. The number of hydrogen-bond acceptors (Lipinski definition) is 3. The molecule has 1 aliphatic rings. The van der Waals surface area contributed by atoms with Crippen molar-refractivity contribution < 1.29 is 0 Å². The minimum Gasteiger partial charge on any atom is -0.381 e. The van der Waals surface area contributed by atoms with Gasteiger partial charge in [-0.1, -0.05) is 25.0 Å². The first-order valence-corrected chi connectivity index (χ1v) is 7.67. The van der Waals surface area contributed by atoms with Crippen molar-refractivity contribution in [1.82, 2.24) is 0 Å². The Morgan fingerprint density at radius 1 is 1.29 bits per heavy atom. The zero-order valence-electron chi connectivity index (χ0n) is 10.5. The van der Waals surface area contributed by atoms with Crippen molar-refractivity contribution in [3.05, 3.63) is 24.3 Å². The Morgan fingerprint density at radius 3 is 2.82 bits per heavy atom. The Hall–Kier alpha value is -0.670. The van der Waals surface area contributed by atoms with Gasteiger partial charge in [0.2, 0.25) is 0 Å². The molecule has 0 amide bonds. The molecule has 3 heteroatoms. The van der Waals surface area contributed by atoms with Crippen molar-refractivity contribution in [2.75, 3.05) is 18.1 Å². The molecule has 2 rings (SSSR count). The van der Waals surface area contributed by atoms with Gasteiger partial charge in [0, 0.05) is 16.6 Å². The first-order chi connectivity index (χ1) is 8.35. The van der Waals surface area contributed by atoms with E-state index in [4.69, 9.17) is 5.73 Å². The minimum atomic E-state index is 0.557. The normalized spacial score (nSPS) is 24.6. The molecule has 94 valence electrons. The summed E-state index contributed by atoms with van der Waals surface area (Å²) >= 11 is 1.80. The van der Waals surface area contributed by atoms with Gasteiger partial charge in [-0.05, 0) is 43.7 Å². The highest BCUT2D eigenvalue weighted by atomic mass is 32.2. The number of nitrogens with two attached hydrogens (primary N) is 1. The summed E-state index contributed by atoms with van der Waals surface area (Å²) in [5, 5.41) is 3.70. The molecule has 0 spiro atoms. The number of thioether (sulfide) groups is 1. The maximum atomic E-state index is 5.87. The molecule has 0 aliphatic heterocycles. The van der Waals surface area contributed by atoms with Crippen LogP contribution in [0.2, 0.25) is 0 Å². The van der Waals surface area contributed by atoms with Crippen LogP contribution in [0.3, 0.4) is 0 Å². The van der Waals surface area contributed by atoms with Crippen molar-refractivity contribution in [2.45, 2.75) is 36.6 Å². The summed E-state index contributed by atoms with van der Waals surface area (Å²) in [4.78, 5) is 1.33. The fourth-order valence-corrected chi connectivity index (χ4v) is 3.20. The third-order valence-corrected chi connectivity index (χ3v) is 4.46. The maximum absolute atomic E-state index is 5.87. The molecule has 1 saturated carbocycles. The van der Waals surface area contributed by atoms with E-state index in [0.717, 1.165) is 6.54 Å². The Labute approximate surface area is 108 Å². The zero-order valence-corrected chi connectivity index (χ0v) is 11.3. The van der Waals surface area contributed by atoms with E-state index in [1.807, 2.05) is 0 Å². The minimum absolute atomic E-state index is 0.557. The van der Waals surface area contributed by atoms with E-state index in [0.29, 0.717) is 12.0 Å². The summed E-state index contributed by atoms with van der Waals surface area (Å²) in [5.41, 5.74) is 7.14. The summed E-state index contributed by atoms with van der Waals surface area (Å²) in [6.45, 7) is 0.805. The lowest BCUT2D eigenvalue weighted by atomic mass is 9.84. The third-order valence-electron chi connectivity index (χ3n) is 3.66. The molecule has 17 heavy (non-hydrogen) atoms. The van der Waals surface area contributed by atoms with Crippen molar-refractivity contribution in [3.8, 4) is 0 Å². The average molecular weight is 250 g/mol. The van der Waals surface area contributed by atoms with Gasteiger partial charge < -0.3 is 11.1 Å². The Morgan fingerprint density at radius 2 is 2.06 bits per heavy atom. The van der Waals surface area contributed by atoms with Crippen molar-refractivity contribution in [3.63, 3.8) is 0 Å². The van der Waals surface area contributed by atoms with Crippen LogP contribution < -0.4 is 11.1 Å². The summed E-state index contributed by atoms with van der Waals surface area (Å²) in [7, 11) is 0. The van der Waals surface area contributed by atoms with E-state index in [9.17, 15) is 0 Å². The van der Waals surface area contributed by atoms with Gasteiger partial charge in [0.1, 0.15) is 0 Å². The molecule has 0 saturated heterocycles. The molecular formula is C14H22N2S. The van der Waals surface area contributed by atoms with Gasteiger partial charge in [0.25, 0.3) is 0 Å². The molecule has 1 aromatic rings. The van der Waals surface area contributed by atoms with Crippen LogP contribution in [0.1, 0.15) is 25.7 Å². The molecule has 0 aromatic heterocycles. The first kappa shape index (κ1) is 12.8. The van der Waals surface area contributed by atoms with E-state index >= 15 is 0 Å². The lowest BCUT2D eigenvalue weighted by Crippen LogP contribution is -2.36. The van der Waals surface area contributed by atoms with E-state index in [1.54, 1.807) is 11.8 Å². The molecule has 2 atom stereocenters. The zero-order chi connectivity index (χ0) is 12.1. The average Bonchev–Trinajstić information content (AvgIpc) is 2.40. The highest BCUT2D eigenvalue weighted by Gasteiger charge is 2.24. The van der Waals surface area contributed by atoms with Gasteiger partial charge in [-0.2, -0.15) is 0 Å². The van der Waals surface area contributed by atoms with Crippen LogP contribution in [0, 0.1) is 5.92 Å². The second-order valence-electron chi connectivity index (χ2n) is 4.73. The van der Waals surface area contributed by atoms with Crippen molar-refractivity contribution >= 4 is 17.4 Å². The topological polar surface area (TPSA) is 38.0 Å². The quantitative estimate of drug-likeness (QED) is 0.805. The monoisotopic (exact) mass is 250 g/mol. The van der Waals surface area contributed by atoms with Crippen LogP contribution >= 0.6 is 11.8 Å². The molecule has 1 aromatic carbocycles. The molecular weight excluding hydrogens is 228 g/mol. The lowest BCUT2D eigenvalue weighted by Gasteiger charge is -2.32. The molecule has 3 N–H and O–H groups in total. The summed E-state index contributed by atoms with van der Waals surface area (Å²) < 4.78 is 0. The largest absolute Gasteiger partial charge is 0.381 e. The van der Waals surface area contributed by atoms with Gasteiger partial charge in [-0.3, -0.25) is 0 Å². The second-order valence-corrected chi connectivity index (χ2v) is 5.58. The van der Waals surface area contributed by atoms with Crippen LogP contribution in [0.25, 0.3) is 0 Å². The van der Waals surface area contributed by atoms with Crippen LogP contribution in [0.4, 0.5) is 5.69 Å². The van der Waals surface area contributed by atoms with Crippen LogP contribution in [-0.4, -0.2) is 18.8 Å². The van der Waals surface area contributed by atoms with E-state index in [1.165, 1.54) is 36.3 Å². The van der Waals surface area contributed by atoms with Gasteiger partial charge >= 0.3 is 0 Å². The van der Waals surface area contributed by atoms with Crippen LogP contribution in [0.5, 0.6) is 0 Å². The molecule has 2 unspecified atom stereocenters. The Kier molecular flexibility index (Phi) is 4.75. The third kappa shape index (κ3) is 3.17. The number of para-hydroxylation sites is 1. The number of rotatable bonds is 4. The summed E-state index contributed by atoms with van der Waals surface area (Å²) in [6, 6.07) is 9.10. The van der Waals surface area contributed by atoms with E-state index in [2.05, 4.69) is 35.8 Å². The Balaban J connectivity index is 2.08. The molecule has 1 fully saturated rings. The molecule has 1 aliphatic carbocycles. The van der Waals surface area contributed by atoms with Crippen molar-refractivity contribution in [2.24, 2.45) is 11.7 Å². The fourth-order valence-electron chi connectivity index (χ4n) is 2.64.